The van der Waals surface area contributed by atoms with Gasteiger partial charge in [0.2, 0.25) is 0 Å². The SMILES string of the molecule is C#CC(OC)c1cc(C(C)(C)C)cc(C(C)(C)C)c1OC. The van der Waals surface area contributed by atoms with E-state index in [1.165, 1.54) is 5.56 Å². The lowest BCUT2D eigenvalue weighted by molar-refractivity contribution is 0.147. The number of hydrogen-bond donors (Lipinski definition) is 0. The third kappa shape index (κ3) is 3.80. The van der Waals surface area contributed by atoms with Gasteiger partial charge in [0.1, 0.15) is 11.9 Å². The van der Waals surface area contributed by atoms with Crippen LogP contribution in [0.15, 0.2) is 12.1 Å². The molecule has 1 aromatic rings. The Balaban J connectivity index is 3.73. The number of terminal acetylenes is 1. The van der Waals surface area contributed by atoms with Crippen LogP contribution in [0.25, 0.3) is 0 Å². The highest BCUT2D eigenvalue weighted by atomic mass is 16.5. The third-order valence-corrected chi connectivity index (χ3v) is 3.67. The predicted molar refractivity (Wildman–Crippen MR) is 89.0 cm³/mol. The van der Waals surface area contributed by atoms with Gasteiger partial charge in [-0.15, -0.1) is 6.42 Å². The molecule has 116 valence electrons. The topological polar surface area (TPSA) is 18.5 Å². The highest BCUT2D eigenvalue weighted by Gasteiger charge is 2.27. The van der Waals surface area contributed by atoms with Gasteiger partial charge in [0.15, 0.2) is 0 Å². The summed E-state index contributed by atoms with van der Waals surface area (Å²) < 4.78 is 11.1. The predicted octanol–water partition coefficient (Wildman–Crippen LogP) is 4.61. The number of benzene rings is 1. The van der Waals surface area contributed by atoms with E-state index in [9.17, 15) is 0 Å². The average Bonchev–Trinajstić information content (AvgIpc) is 2.37. The van der Waals surface area contributed by atoms with Crippen molar-refractivity contribution in [3.8, 4) is 18.1 Å². The highest BCUT2D eigenvalue weighted by Crippen LogP contribution is 2.41. The van der Waals surface area contributed by atoms with Crippen molar-refractivity contribution in [1.82, 2.24) is 0 Å². The van der Waals surface area contributed by atoms with Crippen LogP contribution in [0.5, 0.6) is 5.75 Å². The van der Waals surface area contributed by atoms with Crippen LogP contribution < -0.4 is 4.74 Å². The lowest BCUT2D eigenvalue weighted by Gasteiger charge is -2.29. The van der Waals surface area contributed by atoms with Crippen LogP contribution in [-0.4, -0.2) is 14.2 Å². The molecule has 1 aromatic carbocycles. The zero-order chi connectivity index (χ0) is 16.4. The maximum atomic E-state index is 5.68. The zero-order valence-corrected chi connectivity index (χ0v) is 14.6. The van der Waals surface area contributed by atoms with E-state index in [2.05, 4.69) is 59.6 Å². The first-order valence-corrected chi connectivity index (χ1v) is 7.28. The minimum absolute atomic E-state index is 0.0335. The van der Waals surface area contributed by atoms with Gasteiger partial charge in [-0.3, -0.25) is 0 Å². The summed E-state index contributed by atoms with van der Waals surface area (Å²) in [5.41, 5.74) is 3.33. The van der Waals surface area contributed by atoms with E-state index in [4.69, 9.17) is 15.9 Å². The van der Waals surface area contributed by atoms with Crippen LogP contribution in [0, 0.1) is 12.3 Å². The Morgan fingerprint density at radius 3 is 1.90 bits per heavy atom. The molecular weight excluding hydrogens is 260 g/mol. The Kier molecular flexibility index (Phi) is 5.12. The summed E-state index contributed by atoms with van der Waals surface area (Å²) in [6, 6.07) is 4.34. The molecule has 0 aliphatic rings. The Bertz CT molecular complexity index is 536. The fraction of sp³-hybridized carbons (Fsp3) is 0.579. The molecule has 2 heteroatoms. The normalized spacial score (nSPS) is 13.7. The number of rotatable bonds is 3. The largest absolute Gasteiger partial charge is 0.496 e. The van der Waals surface area contributed by atoms with Gasteiger partial charge in [-0.2, -0.15) is 0 Å². The van der Waals surface area contributed by atoms with E-state index >= 15 is 0 Å². The molecule has 1 atom stereocenters. The summed E-state index contributed by atoms with van der Waals surface area (Å²) >= 11 is 0. The number of ether oxygens (including phenoxy) is 2. The van der Waals surface area contributed by atoms with Crippen molar-refractivity contribution in [3.05, 3.63) is 28.8 Å². The van der Waals surface area contributed by atoms with E-state index in [-0.39, 0.29) is 10.8 Å². The molecule has 0 aromatic heterocycles. The Labute approximate surface area is 129 Å². The van der Waals surface area contributed by atoms with Crippen molar-refractivity contribution < 1.29 is 9.47 Å². The second-order valence-electron chi connectivity index (χ2n) is 7.43. The van der Waals surface area contributed by atoms with Crippen LogP contribution in [0.3, 0.4) is 0 Å². The van der Waals surface area contributed by atoms with Crippen molar-refractivity contribution in [1.29, 1.82) is 0 Å². The van der Waals surface area contributed by atoms with Crippen LogP contribution in [-0.2, 0) is 15.6 Å². The summed E-state index contributed by atoms with van der Waals surface area (Å²) in [7, 11) is 3.32. The van der Waals surface area contributed by atoms with Gasteiger partial charge >= 0.3 is 0 Å². The minimum atomic E-state index is -0.400. The molecule has 1 unspecified atom stereocenters. The number of methoxy groups -OCH3 is 2. The smallest absolute Gasteiger partial charge is 0.146 e. The molecule has 2 nitrogen and oxygen atoms in total. The monoisotopic (exact) mass is 288 g/mol. The maximum absolute atomic E-state index is 5.68. The van der Waals surface area contributed by atoms with Crippen LogP contribution in [0.2, 0.25) is 0 Å². The average molecular weight is 288 g/mol. The van der Waals surface area contributed by atoms with Crippen LogP contribution in [0.4, 0.5) is 0 Å². The van der Waals surface area contributed by atoms with Gasteiger partial charge in [0, 0.05) is 18.2 Å². The summed E-state index contributed by atoms with van der Waals surface area (Å²) in [6.45, 7) is 13.1. The van der Waals surface area contributed by atoms with E-state index in [1.807, 2.05) is 0 Å². The van der Waals surface area contributed by atoms with Gasteiger partial charge in [-0.1, -0.05) is 53.5 Å². The Morgan fingerprint density at radius 1 is 1.00 bits per heavy atom. The molecular formula is C19H28O2. The van der Waals surface area contributed by atoms with E-state index in [1.54, 1.807) is 14.2 Å². The summed E-state index contributed by atoms with van der Waals surface area (Å²) in [5, 5.41) is 0. The fourth-order valence-electron chi connectivity index (χ4n) is 2.35. The molecule has 0 amide bonds. The first-order valence-electron chi connectivity index (χ1n) is 7.28. The molecule has 21 heavy (non-hydrogen) atoms. The molecule has 0 heterocycles. The standard InChI is InChI=1S/C19H28O2/c1-10-16(20-8)14-11-13(18(2,3)4)12-15(17(14)21-9)19(5,6)7/h1,11-12,16H,2-9H3. The molecule has 0 N–H and O–H groups in total. The minimum Gasteiger partial charge on any atom is -0.496 e. The number of hydrogen-bond acceptors (Lipinski definition) is 2. The molecule has 0 fully saturated rings. The van der Waals surface area contributed by atoms with Gasteiger partial charge in [0.05, 0.1) is 7.11 Å². The van der Waals surface area contributed by atoms with Gasteiger partial charge in [0.25, 0.3) is 0 Å². The second kappa shape index (κ2) is 6.12. The lowest BCUT2D eigenvalue weighted by atomic mass is 9.78. The fourth-order valence-corrected chi connectivity index (χ4v) is 2.35. The zero-order valence-electron chi connectivity index (χ0n) is 14.6. The maximum Gasteiger partial charge on any atom is 0.146 e. The Morgan fingerprint density at radius 2 is 1.57 bits per heavy atom. The van der Waals surface area contributed by atoms with E-state index < -0.39 is 6.10 Å². The summed E-state index contributed by atoms with van der Waals surface area (Å²) in [5.74, 6) is 3.53. The first-order chi connectivity index (χ1) is 9.56. The van der Waals surface area contributed by atoms with Crippen LogP contribution in [0.1, 0.15) is 64.3 Å². The summed E-state index contributed by atoms with van der Waals surface area (Å²) in [6.07, 6.45) is 5.23. The molecule has 0 radical (unpaired) electrons. The summed E-state index contributed by atoms with van der Waals surface area (Å²) in [4.78, 5) is 0. The molecule has 0 saturated heterocycles. The Hall–Kier alpha value is -1.46. The second-order valence-corrected chi connectivity index (χ2v) is 7.43. The van der Waals surface area contributed by atoms with Crippen molar-refractivity contribution in [2.24, 2.45) is 0 Å². The van der Waals surface area contributed by atoms with E-state index in [0.717, 1.165) is 16.9 Å². The van der Waals surface area contributed by atoms with E-state index in [0.29, 0.717) is 0 Å². The molecule has 0 bridgehead atoms. The lowest BCUT2D eigenvalue weighted by Crippen LogP contribution is -2.19. The van der Waals surface area contributed by atoms with Crippen molar-refractivity contribution >= 4 is 0 Å². The highest BCUT2D eigenvalue weighted by molar-refractivity contribution is 5.52. The van der Waals surface area contributed by atoms with Crippen molar-refractivity contribution in [2.75, 3.05) is 14.2 Å². The molecule has 0 aliphatic carbocycles. The molecule has 0 spiro atoms. The first kappa shape index (κ1) is 17.6. The van der Waals surface area contributed by atoms with Gasteiger partial charge < -0.3 is 9.47 Å². The molecule has 0 saturated carbocycles. The van der Waals surface area contributed by atoms with Gasteiger partial charge in [-0.25, -0.2) is 0 Å². The molecule has 1 rings (SSSR count). The van der Waals surface area contributed by atoms with Crippen LogP contribution >= 0.6 is 0 Å². The quantitative estimate of drug-likeness (QED) is 0.756. The molecule has 0 aliphatic heterocycles. The van der Waals surface area contributed by atoms with Crippen molar-refractivity contribution in [2.45, 2.75) is 58.5 Å². The third-order valence-electron chi connectivity index (χ3n) is 3.67. The van der Waals surface area contributed by atoms with Crippen molar-refractivity contribution in [3.63, 3.8) is 0 Å². The van der Waals surface area contributed by atoms with Gasteiger partial charge in [-0.05, 0) is 22.5 Å².